The molecule has 1 heterocycles. The van der Waals surface area contributed by atoms with Crippen LogP contribution in [0.25, 0.3) is 0 Å². The number of hydrogen-bond donors (Lipinski definition) is 1. The molecule has 3 nitrogen and oxygen atoms in total. The van der Waals surface area contributed by atoms with Gasteiger partial charge in [0.2, 0.25) is 0 Å². The zero-order valence-electron chi connectivity index (χ0n) is 7.70. The van der Waals surface area contributed by atoms with E-state index in [4.69, 9.17) is 5.26 Å². The Morgan fingerprint density at radius 3 is 3.08 bits per heavy atom. The Hall–Kier alpha value is -1.40. The van der Waals surface area contributed by atoms with Gasteiger partial charge in [-0.15, -0.1) is 0 Å². The lowest BCUT2D eigenvalue weighted by Crippen LogP contribution is -2.25. The van der Waals surface area contributed by atoms with Crippen LogP contribution in [0, 0.1) is 11.3 Å². The minimum Gasteiger partial charge on any atom is -0.308 e. The Labute approximate surface area is 78.4 Å². The van der Waals surface area contributed by atoms with Crippen LogP contribution in [0.1, 0.15) is 19.0 Å². The molecule has 1 atom stereocenters. The molecule has 0 aliphatic rings. The van der Waals surface area contributed by atoms with Crippen molar-refractivity contribution < 1.29 is 0 Å². The Bertz CT molecular complexity index is 276. The largest absolute Gasteiger partial charge is 0.308 e. The van der Waals surface area contributed by atoms with Gasteiger partial charge in [0.15, 0.2) is 0 Å². The van der Waals surface area contributed by atoms with Gasteiger partial charge in [-0.1, -0.05) is 6.07 Å². The Morgan fingerprint density at radius 2 is 2.46 bits per heavy atom. The van der Waals surface area contributed by atoms with Crippen molar-refractivity contribution >= 4 is 0 Å². The van der Waals surface area contributed by atoms with E-state index < -0.39 is 0 Å². The average molecular weight is 175 g/mol. The van der Waals surface area contributed by atoms with E-state index in [0.29, 0.717) is 6.42 Å². The molecule has 68 valence electrons. The number of rotatable bonds is 4. The lowest BCUT2D eigenvalue weighted by atomic mass is 10.2. The van der Waals surface area contributed by atoms with Crippen molar-refractivity contribution in [2.45, 2.75) is 25.9 Å². The predicted molar refractivity (Wildman–Crippen MR) is 50.8 cm³/mol. The van der Waals surface area contributed by atoms with Crippen LogP contribution in [0.3, 0.4) is 0 Å². The Morgan fingerprint density at radius 1 is 1.62 bits per heavy atom. The zero-order chi connectivity index (χ0) is 9.52. The maximum absolute atomic E-state index is 8.43. The van der Waals surface area contributed by atoms with Crippen molar-refractivity contribution in [3.05, 3.63) is 30.1 Å². The van der Waals surface area contributed by atoms with E-state index >= 15 is 0 Å². The molecule has 0 radical (unpaired) electrons. The third-order valence-corrected chi connectivity index (χ3v) is 1.76. The summed E-state index contributed by atoms with van der Waals surface area (Å²) in [5, 5.41) is 11.6. The summed E-state index contributed by atoms with van der Waals surface area (Å²) in [6.07, 6.45) is 2.30. The highest BCUT2D eigenvalue weighted by Crippen LogP contribution is 1.95. The molecule has 0 aromatic carbocycles. The van der Waals surface area contributed by atoms with E-state index in [1.807, 2.05) is 25.1 Å². The molecule has 13 heavy (non-hydrogen) atoms. The molecule has 1 aromatic rings. The summed E-state index contributed by atoms with van der Waals surface area (Å²) in [6.45, 7) is 2.72. The van der Waals surface area contributed by atoms with Crippen LogP contribution in [0.4, 0.5) is 0 Å². The highest BCUT2D eigenvalue weighted by Gasteiger charge is 1.99. The van der Waals surface area contributed by atoms with Crippen LogP contribution >= 0.6 is 0 Å². The SMILES string of the molecule is CC(CC#N)NCc1ccccn1. The van der Waals surface area contributed by atoms with Crippen molar-refractivity contribution in [3.8, 4) is 6.07 Å². The average Bonchev–Trinajstić information content (AvgIpc) is 2.17. The number of nitriles is 1. The first-order valence-corrected chi connectivity index (χ1v) is 4.33. The van der Waals surface area contributed by atoms with Gasteiger partial charge in [-0.2, -0.15) is 5.26 Å². The second-order valence-corrected chi connectivity index (χ2v) is 2.97. The van der Waals surface area contributed by atoms with E-state index in [0.717, 1.165) is 12.2 Å². The van der Waals surface area contributed by atoms with E-state index in [1.165, 1.54) is 0 Å². The van der Waals surface area contributed by atoms with E-state index in [1.54, 1.807) is 6.20 Å². The molecule has 0 saturated heterocycles. The van der Waals surface area contributed by atoms with Crippen LogP contribution in [0.15, 0.2) is 24.4 Å². The maximum atomic E-state index is 8.43. The maximum Gasteiger partial charge on any atom is 0.0638 e. The van der Waals surface area contributed by atoms with Crippen molar-refractivity contribution in [2.24, 2.45) is 0 Å². The molecule has 1 aromatic heterocycles. The normalized spacial score (nSPS) is 12.0. The third-order valence-electron chi connectivity index (χ3n) is 1.76. The fraction of sp³-hybridized carbons (Fsp3) is 0.400. The van der Waals surface area contributed by atoms with Crippen LogP contribution < -0.4 is 5.32 Å². The van der Waals surface area contributed by atoms with Crippen molar-refractivity contribution in [3.63, 3.8) is 0 Å². The van der Waals surface area contributed by atoms with Crippen molar-refractivity contribution in [2.75, 3.05) is 0 Å². The quantitative estimate of drug-likeness (QED) is 0.754. The van der Waals surface area contributed by atoms with Gasteiger partial charge in [-0.3, -0.25) is 4.98 Å². The van der Waals surface area contributed by atoms with Gasteiger partial charge >= 0.3 is 0 Å². The molecule has 0 bridgehead atoms. The summed E-state index contributed by atoms with van der Waals surface area (Å²) in [5.74, 6) is 0. The van der Waals surface area contributed by atoms with Crippen LogP contribution in [0.2, 0.25) is 0 Å². The summed E-state index contributed by atoms with van der Waals surface area (Å²) in [7, 11) is 0. The molecular formula is C10H13N3. The topological polar surface area (TPSA) is 48.7 Å². The minimum atomic E-state index is 0.229. The molecule has 1 rings (SSSR count). The molecule has 0 fully saturated rings. The number of nitrogens with one attached hydrogen (secondary N) is 1. The first kappa shape index (κ1) is 9.69. The summed E-state index contributed by atoms with van der Waals surface area (Å²) >= 11 is 0. The fourth-order valence-corrected chi connectivity index (χ4v) is 0.991. The first-order valence-electron chi connectivity index (χ1n) is 4.33. The predicted octanol–water partition coefficient (Wildman–Crippen LogP) is 1.47. The molecule has 1 N–H and O–H groups in total. The second kappa shape index (κ2) is 5.28. The number of pyridine rings is 1. The highest BCUT2D eigenvalue weighted by molar-refractivity contribution is 5.03. The van der Waals surface area contributed by atoms with Gasteiger partial charge in [0.25, 0.3) is 0 Å². The van der Waals surface area contributed by atoms with Gasteiger partial charge in [0, 0.05) is 18.8 Å². The van der Waals surface area contributed by atoms with Crippen molar-refractivity contribution in [1.29, 1.82) is 5.26 Å². The number of nitrogens with zero attached hydrogens (tertiary/aromatic N) is 2. The Kier molecular flexibility index (Phi) is 3.94. The molecule has 0 aliphatic heterocycles. The van der Waals surface area contributed by atoms with Crippen LogP contribution in [-0.2, 0) is 6.54 Å². The molecule has 1 unspecified atom stereocenters. The van der Waals surface area contributed by atoms with E-state index in [9.17, 15) is 0 Å². The lowest BCUT2D eigenvalue weighted by Gasteiger charge is -2.08. The minimum absolute atomic E-state index is 0.229. The molecular weight excluding hydrogens is 162 g/mol. The number of aromatic nitrogens is 1. The number of hydrogen-bond acceptors (Lipinski definition) is 3. The zero-order valence-corrected chi connectivity index (χ0v) is 7.70. The standard InChI is InChI=1S/C10H13N3/c1-9(5-6-11)13-8-10-4-2-3-7-12-10/h2-4,7,9,13H,5,8H2,1H3. The third kappa shape index (κ3) is 3.68. The second-order valence-electron chi connectivity index (χ2n) is 2.97. The van der Waals surface area contributed by atoms with E-state index in [-0.39, 0.29) is 6.04 Å². The van der Waals surface area contributed by atoms with Gasteiger partial charge in [-0.05, 0) is 19.1 Å². The van der Waals surface area contributed by atoms with Gasteiger partial charge in [0.1, 0.15) is 0 Å². The molecule has 0 saturated carbocycles. The summed E-state index contributed by atoms with van der Waals surface area (Å²) in [4.78, 5) is 4.17. The van der Waals surface area contributed by atoms with Crippen LogP contribution in [-0.4, -0.2) is 11.0 Å². The molecule has 0 aliphatic carbocycles. The summed E-state index contributed by atoms with van der Waals surface area (Å²) in [5.41, 5.74) is 1.01. The van der Waals surface area contributed by atoms with E-state index in [2.05, 4.69) is 16.4 Å². The smallest absolute Gasteiger partial charge is 0.0638 e. The van der Waals surface area contributed by atoms with Crippen molar-refractivity contribution in [1.82, 2.24) is 10.3 Å². The fourth-order valence-electron chi connectivity index (χ4n) is 0.991. The molecule has 0 amide bonds. The molecule has 0 spiro atoms. The van der Waals surface area contributed by atoms with Gasteiger partial charge in [0.05, 0.1) is 18.2 Å². The summed E-state index contributed by atoms with van der Waals surface area (Å²) < 4.78 is 0. The van der Waals surface area contributed by atoms with Gasteiger partial charge < -0.3 is 5.32 Å². The first-order chi connectivity index (χ1) is 6.33. The lowest BCUT2D eigenvalue weighted by molar-refractivity contribution is 0.551. The Balaban J connectivity index is 2.32. The molecule has 3 heteroatoms. The monoisotopic (exact) mass is 175 g/mol. The summed E-state index contributed by atoms with van der Waals surface area (Å²) in [6, 6.07) is 8.16. The van der Waals surface area contributed by atoms with Crippen LogP contribution in [0.5, 0.6) is 0 Å². The highest BCUT2D eigenvalue weighted by atomic mass is 14.9. The van der Waals surface area contributed by atoms with Gasteiger partial charge in [-0.25, -0.2) is 0 Å².